The van der Waals surface area contributed by atoms with E-state index in [0.29, 0.717) is 0 Å². The first kappa shape index (κ1) is 14.5. The highest BCUT2D eigenvalue weighted by Crippen LogP contribution is 2.13. The minimum atomic E-state index is -0.418. The van der Waals surface area contributed by atoms with Crippen LogP contribution in [0.25, 0.3) is 0 Å². The minimum Gasteiger partial charge on any atom is -0.444 e. The summed E-state index contributed by atoms with van der Waals surface area (Å²) in [6, 6.07) is 0. The zero-order valence-corrected chi connectivity index (χ0v) is 12.4. The molecule has 0 radical (unpaired) electrons. The molecule has 1 aliphatic heterocycles. The maximum Gasteiger partial charge on any atom is 0.410 e. The number of hydrogen-bond acceptors (Lipinski definition) is 3. The summed E-state index contributed by atoms with van der Waals surface area (Å²) in [5.41, 5.74) is -0.418. The standard InChI is InChI=1S/C12H21BrN2O2/c1-10(13)9-14-5-7-15(8-6-14)11(16)17-12(2,3)4/h1,5-9H2,2-4H3. The molecule has 0 bridgehead atoms. The van der Waals surface area contributed by atoms with E-state index < -0.39 is 5.60 Å². The largest absolute Gasteiger partial charge is 0.444 e. The molecule has 0 spiro atoms. The van der Waals surface area contributed by atoms with Gasteiger partial charge in [0.1, 0.15) is 5.60 Å². The van der Waals surface area contributed by atoms with Gasteiger partial charge in [0, 0.05) is 37.2 Å². The number of nitrogens with zero attached hydrogens (tertiary/aromatic N) is 2. The third-order valence-electron chi connectivity index (χ3n) is 2.42. The van der Waals surface area contributed by atoms with Gasteiger partial charge in [0.15, 0.2) is 0 Å². The number of carbonyl (C=O) groups excluding carboxylic acids is 1. The van der Waals surface area contributed by atoms with Crippen molar-refractivity contribution in [3.8, 4) is 0 Å². The predicted octanol–water partition coefficient (Wildman–Crippen LogP) is 2.45. The van der Waals surface area contributed by atoms with Gasteiger partial charge in [-0.05, 0) is 20.8 Å². The Balaban J connectivity index is 2.36. The number of piperazine rings is 1. The minimum absolute atomic E-state index is 0.213. The summed E-state index contributed by atoms with van der Waals surface area (Å²) < 4.78 is 6.31. The van der Waals surface area contributed by atoms with Gasteiger partial charge in [-0.1, -0.05) is 22.5 Å². The molecule has 1 fully saturated rings. The summed E-state index contributed by atoms with van der Waals surface area (Å²) in [7, 11) is 0. The van der Waals surface area contributed by atoms with E-state index in [1.165, 1.54) is 0 Å². The zero-order chi connectivity index (χ0) is 13.1. The van der Waals surface area contributed by atoms with Gasteiger partial charge in [-0.15, -0.1) is 0 Å². The molecule has 1 aliphatic rings. The predicted molar refractivity (Wildman–Crippen MR) is 72.3 cm³/mol. The van der Waals surface area contributed by atoms with E-state index in [0.717, 1.165) is 37.2 Å². The number of carbonyl (C=O) groups is 1. The Morgan fingerprint density at radius 1 is 1.29 bits per heavy atom. The van der Waals surface area contributed by atoms with Crippen molar-refractivity contribution in [3.05, 3.63) is 11.1 Å². The average Bonchev–Trinajstić information content (AvgIpc) is 2.15. The first-order valence-corrected chi connectivity index (χ1v) is 6.61. The van der Waals surface area contributed by atoms with Crippen LogP contribution in [0.4, 0.5) is 4.79 Å². The number of amides is 1. The normalized spacial score (nSPS) is 18.0. The van der Waals surface area contributed by atoms with Crippen LogP contribution >= 0.6 is 15.9 Å². The van der Waals surface area contributed by atoms with Crippen LogP contribution < -0.4 is 0 Å². The average molecular weight is 305 g/mol. The molecule has 0 N–H and O–H groups in total. The monoisotopic (exact) mass is 304 g/mol. The van der Waals surface area contributed by atoms with E-state index in [1.807, 2.05) is 20.8 Å². The first-order valence-electron chi connectivity index (χ1n) is 5.81. The van der Waals surface area contributed by atoms with Crippen molar-refractivity contribution in [2.75, 3.05) is 32.7 Å². The van der Waals surface area contributed by atoms with E-state index >= 15 is 0 Å². The summed E-state index contributed by atoms with van der Waals surface area (Å²) in [5, 5.41) is 0. The lowest BCUT2D eigenvalue weighted by atomic mass is 10.2. The second-order valence-electron chi connectivity index (χ2n) is 5.26. The second kappa shape index (κ2) is 5.87. The zero-order valence-electron chi connectivity index (χ0n) is 10.8. The molecule has 17 heavy (non-hydrogen) atoms. The van der Waals surface area contributed by atoms with Crippen LogP contribution in [0.2, 0.25) is 0 Å². The molecular formula is C12H21BrN2O2. The van der Waals surface area contributed by atoms with Crippen LogP contribution in [0.5, 0.6) is 0 Å². The van der Waals surface area contributed by atoms with Crippen LogP contribution in [-0.4, -0.2) is 54.2 Å². The van der Waals surface area contributed by atoms with Crippen molar-refractivity contribution in [2.24, 2.45) is 0 Å². The Hall–Kier alpha value is -0.550. The van der Waals surface area contributed by atoms with E-state index in [9.17, 15) is 4.79 Å². The second-order valence-corrected chi connectivity index (χ2v) is 6.38. The summed E-state index contributed by atoms with van der Waals surface area (Å²) in [5.74, 6) is 0. The lowest BCUT2D eigenvalue weighted by molar-refractivity contribution is 0.0154. The van der Waals surface area contributed by atoms with Gasteiger partial charge >= 0.3 is 6.09 Å². The summed E-state index contributed by atoms with van der Waals surface area (Å²) in [6.07, 6.45) is -0.213. The van der Waals surface area contributed by atoms with Gasteiger partial charge in [-0.3, -0.25) is 4.90 Å². The van der Waals surface area contributed by atoms with Gasteiger partial charge < -0.3 is 9.64 Å². The molecule has 1 rings (SSSR count). The van der Waals surface area contributed by atoms with Crippen molar-refractivity contribution in [1.82, 2.24) is 9.80 Å². The Morgan fingerprint density at radius 3 is 2.24 bits per heavy atom. The maximum atomic E-state index is 11.8. The molecule has 0 aromatic heterocycles. The molecule has 0 aliphatic carbocycles. The number of halogens is 1. The molecule has 0 saturated carbocycles. The molecule has 0 unspecified atom stereocenters. The Labute approximate surface area is 112 Å². The van der Waals surface area contributed by atoms with Crippen LogP contribution in [0.1, 0.15) is 20.8 Å². The number of ether oxygens (including phenoxy) is 1. The van der Waals surface area contributed by atoms with Crippen molar-refractivity contribution < 1.29 is 9.53 Å². The summed E-state index contributed by atoms with van der Waals surface area (Å²) in [6.45, 7) is 13.5. The van der Waals surface area contributed by atoms with Crippen molar-refractivity contribution in [3.63, 3.8) is 0 Å². The Kier molecular flexibility index (Phi) is 5.01. The number of hydrogen-bond donors (Lipinski definition) is 0. The van der Waals surface area contributed by atoms with E-state index in [4.69, 9.17) is 4.74 Å². The van der Waals surface area contributed by atoms with Crippen LogP contribution in [-0.2, 0) is 4.74 Å². The van der Waals surface area contributed by atoms with Crippen molar-refractivity contribution in [2.45, 2.75) is 26.4 Å². The third kappa shape index (κ3) is 5.55. The van der Waals surface area contributed by atoms with Gasteiger partial charge in [0.05, 0.1) is 0 Å². The molecule has 0 atom stereocenters. The molecule has 4 nitrogen and oxygen atoms in total. The summed E-state index contributed by atoms with van der Waals surface area (Å²) >= 11 is 3.35. The van der Waals surface area contributed by atoms with Gasteiger partial charge in [-0.2, -0.15) is 0 Å². The third-order valence-corrected chi connectivity index (χ3v) is 2.67. The van der Waals surface area contributed by atoms with Crippen molar-refractivity contribution in [1.29, 1.82) is 0 Å². The summed E-state index contributed by atoms with van der Waals surface area (Å²) in [4.78, 5) is 15.8. The lowest BCUT2D eigenvalue weighted by Gasteiger charge is -2.35. The molecule has 0 aromatic carbocycles. The molecular weight excluding hydrogens is 284 g/mol. The first-order chi connectivity index (χ1) is 7.78. The Morgan fingerprint density at radius 2 is 1.82 bits per heavy atom. The highest BCUT2D eigenvalue weighted by molar-refractivity contribution is 9.11. The van der Waals surface area contributed by atoms with Gasteiger partial charge in [0.2, 0.25) is 0 Å². The molecule has 0 aromatic rings. The van der Waals surface area contributed by atoms with Gasteiger partial charge in [-0.25, -0.2) is 4.79 Å². The highest BCUT2D eigenvalue weighted by Gasteiger charge is 2.25. The van der Waals surface area contributed by atoms with Crippen LogP contribution in [0, 0.1) is 0 Å². The fourth-order valence-electron chi connectivity index (χ4n) is 1.66. The Bertz CT molecular complexity index is 291. The smallest absolute Gasteiger partial charge is 0.410 e. The van der Waals surface area contributed by atoms with Crippen LogP contribution in [0.15, 0.2) is 11.1 Å². The fourth-order valence-corrected chi connectivity index (χ4v) is 2.01. The molecule has 1 saturated heterocycles. The van der Waals surface area contributed by atoms with Crippen LogP contribution in [0.3, 0.4) is 0 Å². The number of rotatable bonds is 2. The molecule has 1 amide bonds. The maximum absolute atomic E-state index is 11.8. The molecule has 5 heteroatoms. The molecule has 98 valence electrons. The topological polar surface area (TPSA) is 32.8 Å². The van der Waals surface area contributed by atoms with Crippen molar-refractivity contribution >= 4 is 22.0 Å². The fraction of sp³-hybridized carbons (Fsp3) is 0.750. The quantitative estimate of drug-likeness (QED) is 0.785. The van der Waals surface area contributed by atoms with Gasteiger partial charge in [0.25, 0.3) is 0 Å². The van der Waals surface area contributed by atoms with E-state index in [1.54, 1.807) is 4.90 Å². The highest BCUT2D eigenvalue weighted by atomic mass is 79.9. The van der Waals surface area contributed by atoms with E-state index in [2.05, 4.69) is 27.4 Å². The lowest BCUT2D eigenvalue weighted by Crippen LogP contribution is -2.50. The molecule has 1 heterocycles. The SMILES string of the molecule is C=C(Br)CN1CCN(C(=O)OC(C)(C)C)CC1. The van der Waals surface area contributed by atoms with E-state index in [-0.39, 0.29) is 6.09 Å².